The van der Waals surface area contributed by atoms with E-state index in [1.807, 2.05) is 13.8 Å². The van der Waals surface area contributed by atoms with Crippen molar-refractivity contribution in [3.8, 4) is 0 Å². The van der Waals surface area contributed by atoms with Crippen LogP contribution in [0.3, 0.4) is 0 Å². The summed E-state index contributed by atoms with van der Waals surface area (Å²) in [6.45, 7) is 6.46. The number of carbonyl (C=O) groups is 1. The summed E-state index contributed by atoms with van der Waals surface area (Å²) >= 11 is 1.37. The van der Waals surface area contributed by atoms with Gasteiger partial charge >= 0.3 is 6.18 Å². The van der Waals surface area contributed by atoms with Gasteiger partial charge in [0.25, 0.3) is 0 Å². The molecule has 41 heavy (non-hydrogen) atoms. The van der Waals surface area contributed by atoms with Gasteiger partial charge in [0.05, 0.1) is 34.4 Å². The van der Waals surface area contributed by atoms with E-state index in [1.54, 1.807) is 19.1 Å². The maximum absolute atomic E-state index is 13.7. The number of hydrogen-bond acceptors (Lipinski definition) is 8. The van der Waals surface area contributed by atoms with Crippen LogP contribution in [0, 0.1) is 5.92 Å². The molecule has 1 aromatic carbocycles. The van der Waals surface area contributed by atoms with Gasteiger partial charge in [-0.1, -0.05) is 32.9 Å². The number of piperidine rings is 1. The van der Waals surface area contributed by atoms with Crippen LogP contribution in [0.5, 0.6) is 0 Å². The number of likely N-dealkylation sites (tertiary alicyclic amines) is 1. The molecule has 1 amide bonds. The van der Waals surface area contributed by atoms with Crippen molar-refractivity contribution in [2.24, 2.45) is 5.92 Å². The summed E-state index contributed by atoms with van der Waals surface area (Å²) in [7, 11) is -3.31. The van der Waals surface area contributed by atoms with Crippen molar-refractivity contribution in [1.82, 2.24) is 14.8 Å². The predicted octanol–water partition coefficient (Wildman–Crippen LogP) is 4.55. The van der Waals surface area contributed by atoms with Crippen molar-refractivity contribution >= 4 is 32.2 Å². The first-order chi connectivity index (χ1) is 19.2. The first kappa shape index (κ1) is 30.4. The van der Waals surface area contributed by atoms with Crippen LogP contribution < -0.4 is 5.32 Å². The van der Waals surface area contributed by atoms with Gasteiger partial charge in [-0.05, 0) is 49.3 Å². The molecule has 1 aliphatic carbocycles. The van der Waals surface area contributed by atoms with E-state index in [4.69, 9.17) is 4.98 Å². The highest BCUT2D eigenvalue weighted by atomic mass is 32.2. The number of aliphatic hydroxyl groups is 1. The minimum atomic E-state index is -4.30. The van der Waals surface area contributed by atoms with E-state index in [-0.39, 0.29) is 66.9 Å². The van der Waals surface area contributed by atoms with Crippen LogP contribution >= 0.6 is 11.3 Å². The van der Waals surface area contributed by atoms with Crippen LogP contribution in [-0.4, -0.2) is 76.9 Å². The van der Waals surface area contributed by atoms with Gasteiger partial charge in [-0.3, -0.25) is 14.6 Å². The number of nitrogens with zero attached hydrogens (tertiary/aromatic N) is 3. The molecule has 2 fully saturated rings. The highest BCUT2D eigenvalue weighted by molar-refractivity contribution is 7.91. The number of fused-ring (bicyclic) bond motifs is 1. The zero-order chi connectivity index (χ0) is 29.7. The monoisotopic (exact) mass is 614 g/mol. The molecule has 5 rings (SSSR count). The maximum Gasteiger partial charge on any atom is 0.404 e. The molecule has 3 aliphatic rings. The standard InChI is InChI=1S/C28H37F3N4O4S2/c1-4-41(38,39)20-9-5-18(6-10-20)13-23(36)32-26-33-24-21(40-26)14-34(25(24)17(2)3)15-27(37)12-11-22(28(29,30)31)35(16-27)19-7-8-19/h5-6,9-10,17,19,22,25,37H,4,7-8,11-16H2,1-3H3,(H,32,33,36)/t22-,25+,27+/m1/s1. The molecule has 8 nitrogen and oxygen atoms in total. The molecule has 2 N–H and O–H groups in total. The molecule has 13 heteroatoms. The van der Waals surface area contributed by atoms with Gasteiger partial charge in [-0.2, -0.15) is 13.2 Å². The first-order valence-corrected chi connectivity index (χ1v) is 16.6. The lowest BCUT2D eigenvalue weighted by Crippen LogP contribution is -2.61. The molecule has 0 unspecified atom stereocenters. The van der Waals surface area contributed by atoms with Gasteiger partial charge in [0.15, 0.2) is 15.0 Å². The van der Waals surface area contributed by atoms with Crippen LogP contribution in [0.4, 0.5) is 18.3 Å². The van der Waals surface area contributed by atoms with Gasteiger partial charge < -0.3 is 10.4 Å². The van der Waals surface area contributed by atoms with Gasteiger partial charge in [0.1, 0.15) is 6.04 Å². The molecule has 226 valence electrons. The molecule has 0 radical (unpaired) electrons. The third-order valence-corrected chi connectivity index (χ3v) is 11.0. The minimum absolute atomic E-state index is 0.00701. The Kier molecular flexibility index (Phi) is 8.32. The number of hydrogen-bond donors (Lipinski definition) is 2. The Hall–Kier alpha value is -2.06. The molecule has 1 aromatic heterocycles. The molecular formula is C28H37F3N4O4S2. The average Bonchev–Trinajstić information content (AvgIpc) is 3.58. The van der Waals surface area contributed by atoms with E-state index in [0.717, 1.165) is 23.4 Å². The van der Waals surface area contributed by atoms with E-state index in [9.17, 15) is 31.5 Å². The van der Waals surface area contributed by atoms with Gasteiger partial charge in [-0.15, -0.1) is 11.3 Å². The van der Waals surface area contributed by atoms with Crippen molar-refractivity contribution in [3.05, 3.63) is 40.4 Å². The van der Waals surface area contributed by atoms with Crippen LogP contribution in [0.15, 0.2) is 29.2 Å². The molecule has 1 saturated heterocycles. The van der Waals surface area contributed by atoms with Crippen LogP contribution in [0.25, 0.3) is 0 Å². The lowest BCUT2D eigenvalue weighted by atomic mass is 9.87. The van der Waals surface area contributed by atoms with E-state index < -0.39 is 27.7 Å². The van der Waals surface area contributed by atoms with Crippen molar-refractivity contribution in [2.45, 2.75) is 94.2 Å². The number of β-amino-alcohol motifs (C(OH)–C–C–N with tert-alkyl or cyclic N) is 1. The third-order valence-electron chi connectivity index (χ3n) is 8.30. The summed E-state index contributed by atoms with van der Waals surface area (Å²) in [6, 6.07) is 4.56. The second kappa shape index (κ2) is 11.2. The van der Waals surface area contributed by atoms with E-state index in [1.165, 1.54) is 28.4 Å². The average molecular weight is 615 g/mol. The van der Waals surface area contributed by atoms with Crippen molar-refractivity contribution < 1.29 is 31.5 Å². The summed E-state index contributed by atoms with van der Waals surface area (Å²) in [5.41, 5.74) is 0.275. The summed E-state index contributed by atoms with van der Waals surface area (Å²) in [5.74, 6) is -0.126. The summed E-state index contributed by atoms with van der Waals surface area (Å²) in [4.78, 5) is 22.2. The van der Waals surface area contributed by atoms with Gasteiger partial charge in [-0.25, -0.2) is 13.4 Å². The molecule has 1 saturated carbocycles. The summed E-state index contributed by atoms with van der Waals surface area (Å²) < 4.78 is 65.0. The van der Waals surface area contributed by atoms with Crippen molar-refractivity contribution in [3.63, 3.8) is 0 Å². The molecule has 2 aromatic rings. The number of alkyl halides is 3. The number of anilines is 1. The Morgan fingerprint density at radius 1 is 1.22 bits per heavy atom. The third kappa shape index (κ3) is 6.64. The quantitative estimate of drug-likeness (QED) is 0.427. The zero-order valence-corrected chi connectivity index (χ0v) is 25.1. The lowest BCUT2D eigenvalue weighted by Gasteiger charge is -2.47. The number of carbonyl (C=O) groups excluding carboxylic acids is 1. The predicted molar refractivity (Wildman–Crippen MR) is 150 cm³/mol. The summed E-state index contributed by atoms with van der Waals surface area (Å²) in [5, 5.41) is 14.8. The highest BCUT2D eigenvalue weighted by Crippen LogP contribution is 2.46. The number of aromatic nitrogens is 1. The maximum atomic E-state index is 13.7. The van der Waals surface area contributed by atoms with Crippen LogP contribution in [-0.2, 0) is 27.6 Å². The van der Waals surface area contributed by atoms with Crippen LogP contribution in [0.1, 0.15) is 68.6 Å². The fraction of sp³-hybridized carbons (Fsp3) is 0.643. The fourth-order valence-electron chi connectivity index (χ4n) is 6.19. The Labute approximate surface area is 242 Å². The zero-order valence-electron chi connectivity index (χ0n) is 23.4. The van der Waals surface area contributed by atoms with E-state index in [0.29, 0.717) is 17.2 Å². The molecular weight excluding hydrogens is 577 g/mol. The second-order valence-corrected chi connectivity index (χ2v) is 15.3. The normalized spacial score (nSPS) is 26.0. The number of nitrogens with one attached hydrogen (secondary N) is 1. The van der Waals surface area contributed by atoms with Crippen LogP contribution in [0.2, 0.25) is 0 Å². The first-order valence-electron chi connectivity index (χ1n) is 14.1. The molecule has 0 spiro atoms. The number of rotatable bonds is 9. The number of halogens is 3. The molecule has 0 bridgehead atoms. The van der Waals surface area contributed by atoms with Crippen molar-refractivity contribution in [2.75, 3.05) is 24.2 Å². The Morgan fingerprint density at radius 3 is 2.49 bits per heavy atom. The molecule has 3 heterocycles. The molecule has 3 atom stereocenters. The SMILES string of the molecule is CCS(=O)(=O)c1ccc(CC(=O)Nc2nc3c(s2)CN(C[C@@]2(O)CC[C@H](C(F)(F)F)N(C4CC4)C2)[C@H]3C(C)C)cc1. The van der Waals surface area contributed by atoms with Gasteiger partial charge in [0.2, 0.25) is 5.91 Å². The number of sulfone groups is 1. The number of benzene rings is 1. The Morgan fingerprint density at radius 2 is 1.90 bits per heavy atom. The fourth-order valence-corrected chi connectivity index (χ4v) is 8.12. The number of thiazole rings is 1. The van der Waals surface area contributed by atoms with E-state index in [2.05, 4.69) is 10.2 Å². The van der Waals surface area contributed by atoms with Gasteiger partial charge in [0, 0.05) is 30.6 Å². The number of amides is 1. The largest absolute Gasteiger partial charge is 0.404 e. The minimum Gasteiger partial charge on any atom is -0.387 e. The molecule has 2 aliphatic heterocycles. The smallest absolute Gasteiger partial charge is 0.387 e. The highest BCUT2D eigenvalue weighted by Gasteiger charge is 2.54. The second-order valence-electron chi connectivity index (χ2n) is 11.9. The Bertz CT molecular complexity index is 1380. The van der Waals surface area contributed by atoms with Crippen molar-refractivity contribution in [1.29, 1.82) is 0 Å². The Balaban J connectivity index is 1.23. The van der Waals surface area contributed by atoms with E-state index >= 15 is 0 Å². The topological polar surface area (TPSA) is 103 Å². The lowest BCUT2D eigenvalue weighted by molar-refractivity contribution is -0.211. The summed E-state index contributed by atoms with van der Waals surface area (Å²) in [6.07, 6.45) is -2.77.